The molecule has 0 bridgehead atoms. The van der Waals surface area contributed by atoms with E-state index in [1.807, 2.05) is 6.92 Å². The Hall–Kier alpha value is -0.340. The van der Waals surface area contributed by atoms with Crippen LogP contribution in [0.3, 0.4) is 0 Å². The highest BCUT2D eigenvalue weighted by Gasteiger charge is 2.59. The zero-order chi connectivity index (χ0) is 17.1. The second kappa shape index (κ2) is 43.7. The Balaban J connectivity index is -0.0000000217. The minimum atomic E-state index is -0.151. The van der Waals surface area contributed by atoms with Crippen molar-refractivity contribution in [2.75, 3.05) is 6.61 Å². The molecule has 0 heterocycles. The largest absolute Gasteiger partial charge is 0.396 e. The third-order valence-corrected chi connectivity index (χ3v) is 9.12. The third-order valence-electron chi connectivity index (χ3n) is 9.12. The molecular weight excluding hydrogens is 548 g/mol. The van der Waals surface area contributed by atoms with E-state index in [9.17, 15) is 10.2 Å². The molecule has 4 unspecified atom stereocenters. The zero-order valence-electron chi connectivity index (χ0n) is 15.8. The molecule has 0 aromatic carbocycles. The summed E-state index contributed by atoms with van der Waals surface area (Å²) in [5.74, 6) is 3.48. The van der Waals surface area contributed by atoms with Crippen LogP contribution in [0.1, 0.15) is 228 Å². The molecule has 0 aliphatic heterocycles. The van der Waals surface area contributed by atoms with Crippen molar-refractivity contribution >= 4 is 0 Å². The standard InChI is InChI=1S/C22H36O2.21CH4/c1-14(24)18-6-7-19-17-5-4-16-12-15(13-23)8-10-21(16,2)20(17)9-11-22(18,19)3;;;;;;;;;;;;;;;;;;;;;/h4,14-15,17-20,23-24H,5-13H2,1-3H3;21*1H4/t14-,15?,17?,18-,19?,20?,21+,22-;;;;;;;;;;;;;;;;;;;;;/m1...................../s1. The smallest absolute Gasteiger partial charge is 0.0545 e. The van der Waals surface area contributed by atoms with Crippen molar-refractivity contribution in [1.82, 2.24) is 0 Å². The van der Waals surface area contributed by atoms with Crippen LogP contribution in [0.25, 0.3) is 0 Å². The van der Waals surface area contributed by atoms with Crippen LogP contribution in [0, 0.1) is 40.4 Å². The van der Waals surface area contributed by atoms with Gasteiger partial charge in [0.15, 0.2) is 0 Å². The zero-order valence-corrected chi connectivity index (χ0v) is 15.8. The lowest BCUT2D eigenvalue weighted by Crippen LogP contribution is -2.51. The molecule has 4 rings (SSSR count). The molecule has 0 saturated heterocycles. The highest BCUT2D eigenvalue weighted by molar-refractivity contribution is 5.25. The molecule has 0 aromatic heterocycles. The Labute approximate surface area is 302 Å². The first kappa shape index (κ1) is 120. The second-order valence-electron chi connectivity index (χ2n) is 10.0. The van der Waals surface area contributed by atoms with Crippen LogP contribution in [0.2, 0.25) is 0 Å². The fourth-order valence-corrected chi connectivity index (χ4v) is 7.73. The van der Waals surface area contributed by atoms with E-state index in [4.69, 9.17) is 0 Å². The number of aliphatic hydroxyl groups excluding tert-OH is 2. The Morgan fingerprint density at radius 2 is 1.04 bits per heavy atom. The van der Waals surface area contributed by atoms with Crippen LogP contribution in [0.5, 0.6) is 0 Å². The minimum Gasteiger partial charge on any atom is -0.396 e. The summed E-state index contributed by atoms with van der Waals surface area (Å²) in [5, 5.41) is 19.9. The number of aliphatic hydroxyl groups is 2. The van der Waals surface area contributed by atoms with Crippen LogP contribution in [-0.2, 0) is 0 Å². The maximum absolute atomic E-state index is 10.3. The van der Waals surface area contributed by atoms with Gasteiger partial charge >= 0.3 is 0 Å². The Morgan fingerprint density at radius 3 is 1.42 bits per heavy atom. The van der Waals surface area contributed by atoms with Crippen LogP contribution in [-0.4, -0.2) is 22.9 Å². The van der Waals surface area contributed by atoms with Crippen LogP contribution >= 0.6 is 0 Å². The molecule has 0 amide bonds. The predicted octanol–water partition coefficient (Wildman–Crippen LogP) is 17.9. The highest BCUT2D eigenvalue weighted by atomic mass is 16.3. The van der Waals surface area contributed by atoms with E-state index in [0.717, 1.165) is 24.2 Å². The molecule has 4 aliphatic rings. The van der Waals surface area contributed by atoms with Gasteiger partial charge in [-0.2, -0.15) is 0 Å². The van der Waals surface area contributed by atoms with Gasteiger partial charge < -0.3 is 10.2 Å². The maximum Gasteiger partial charge on any atom is 0.0545 e. The molecule has 304 valence electrons. The van der Waals surface area contributed by atoms with E-state index in [0.29, 0.717) is 29.3 Å². The third kappa shape index (κ3) is 18.7. The van der Waals surface area contributed by atoms with E-state index in [1.54, 1.807) is 5.57 Å². The maximum atomic E-state index is 10.3. The number of fused-ring (bicyclic) bond motifs is 5. The van der Waals surface area contributed by atoms with E-state index in [-0.39, 0.29) is 162 Å². The summed E-state index contributed by atoms with van der Waals surface area (Å²) in [6.45, 7) is 7.40. The Bertz CT molecular complexity index is 526. The average molecular weight is 669 g/mol. The summed E-state index contributed by atoms with van der Waals surface area (Å²) in [6, 6.07) is 0. The summed E-state index contributed by atoms with van der Waals surface area (Å²) < 4.78 is 0. The van der Waals surface area contributed by atoms with Crippen molar-refractivity contribution < 1.29 is 10.2 Å². The summed E-state index contributed by atoms with van der Waals surface area (Å²) in [5.41, 5.74) is 2.42. The molecule has 3 fully saturated rings. The molecule has 2 heteroatoms. The van der Waals surface area contributed by atoms with Crippen molar-refractivity contribution in [2.24, 2.45) is 40.4 Å². The van der Waals surface area contributed by atoms with E-state index >= 15 is 0 Å². The summed E-state index contributed by atoms with van der Waals surface area (Å²) in [7, 11) is 0. The van der Waals surface area contributed by atoms with Crippen molar-refractivity contribution in [1.29, 1.82) is 0 Å². The molecular formula is C43H120O2. The second-order valence-corrected chi connectivity index (χ2v) is 10.0. The quantitative estimate of drug-likeness (QED) is 0.287. The number of allylic oxidation sites excluding steroid dienone is 2. The molecule has 4 aliphatic carbocycles. The molecule has 2 N–H and O–H groups in total. The average Bonchev–Trinajstić information content (AvgIpc) is 2.91. The SMILES string of the molecule is C.C.C.C.C.C.C.C.C.C.C.C.C.C.C.C.C.C.C.C.C.C[C@@H](O)[C@H]1CCC2C3CC=C4CC(CO)CC[C@]4(C)C3CC[C@@]21C. The van der Waals surface area contributed by atoms with Crippen molar-refractivity contribution in [3.05, 3.63) is 11.6 Å². The van der Waals surface area contributed by atoms with Gasteiger partial charge in [0, 0.05) is 6.61 Å². The number of rotatable bonds is 2. The van der Waals surface area contributed by atoms with E-state index in [1.165, 1.54) is 44.9 Å². The van der Waals surface area contributed by atoms with Gasteiger partial charge in [0.2, 0.25) is 0 Å². The van der Waals surface area contributed by atoms with Gasteiger partial charge in [0.25, 0.3) is 0 Å². The van der Waals surface area contributed by atoms with Gasteiger partial charge in [-0.25, -0.2) is 0 Å². The molecule has 2 nitrogen and oxygen atoms in total. The lowest BCUT2D eigenvalue weighted by Gasteiger charge is -2.58. The summed E-state index contributed by atoms with van der Waals surface area (Å²) >= 11 is 0. The van der Waals surface area contributed by atoms with Crippen LogP contribution in [0.4, 0.5) is 0 Å². The first-order chi connectivity index (χ1) is 11.4. The fraction of sp³-hybridized carbons (Fsp3) is 0.953. The lowest BCUT2D eigenvalue weighted by molar-refractivity contribution is -0.0650. The monoisotopic (exact) mass is 669 g/mol. The first-order valence-electron chi connectivity index (χ1n) is 10.4. The van der Waals surface area contributed by atoms with Gasteiger partial charge in [0.05, 0.1) is 6.10 Å². The van der Waals surface area contributed by atoms with E-state index < -0.39 is 0 Å². The lowest BCUT2D eigenvalue weighted by atomic mass is 9.47. The van der Waals surface area contributed by atoms with E-state index in [2.05, 4.69) is 19.9 Å². The normalized spacial score (nSPS) is 27.8. The molecule has 0 aromatic rings. The van der Waals surface area contributed by atoms with Gasteiger partial charge in [-0.05, 0) is 98.7 Å². The summed E-state index contributed by atoms with van der Waals surface area (Å²) in [4.78, 5) is 0. The van der Waals surface area contributed by atoms with Crippen LogP contribution in [0.15, 0.2) is 11.6 Å². The molecule has 0 spiro atoms. The molecule has 3 saturated carbocycles. The van der Waals surface area contributed by atoms with Crippen molar-refractivity contribution in [3.8, 4) is 0 Å². The van der Waals surface area contributed by atoms with Gasteiger partial charge in [-0.15, -0.1) is 0 Å². The number of hydrogen-bond donors (Lipinski definition) is 2. The fourth-order valence-electron chi connectivity index (χ4n) is 7.73. The Morgan fingerprint density at radius 1 is 0.622 bits per heavy atom. The minimum absolute atomic E-state index is 0. The van der Waals surface area contributed by atoms with Gasteiger partial charge in [0.1, 0.15) is 0 Å². The highest BCUT2D eigenvalue weighted by Crippen LogP contribution is 2.66. The molecule has 0 radical (unpaired) electrons. The first-order valence-corrected chi connectivity index (χ1v) is 10.4. The van der Waals surface area contributed by atoms with Crippen LogP contribution < -0.4 is 0 Å². The summed E-state index contributed by atoms with van der Waals surface area (Å²) in [6.07, 6.45) is 12.5. The Kier molecular flexibility index (Phi) is 116. The topological polar surface area (TPSA) is 40.5 Å². The van der Waals surface area contributed by atoms with Crippen molar-refractivity contribution in [3.63, 3.8) is 0 Å². The molecule has 8 atom stereocenters. The number of hydrogen-bond acceptors (Lipinski definition) is 2. The van der Waals surface area contributed by atoms with Crippen molar-refractivity contribution in [2.45, 2.75) is 234 Å². The predicted molar refractivity (Wildman–Crippen MR) is 239 cm³/mol. The van der Waals surface area contributed by atoms with Gasteiger partial charge in [-0.3, -0.25) is 0 Å². The van der Waals surface area contributed by atoms with Gasteiger partial charge in [-0.1, -0.05) is 181 Å². The molecule has 45 heavy (non-hydrogen) atoms.